The zero-order chi connectivity index (χ0) is 38.2. The van der Waals surface area contributed by atoms with Gasteiger partial charge in [-0.2, -0.15) is 0 Å². The van der Waals surface area contributed by atoms with E-state index in [1.165, 1.54) is 96.3 Å². The van der Waals surface area contributed by atoms with Gasteiger partial charge in [0.05, 0.1) is 13.2 Å². The smallest absolute Gasteiger partial charge is 0.462 e. The van der Waals surface area contributed by atoms with Crippen molar-refractivity contribution in [3.05, 3.63) is 36.5 Å². The van der Waals surface area contributed by atoms with Crippen LogP contribution in [0.3, 0.4) is 0 Å². The van der Waals surface area contributed by atoms with Crippen molar-refractivity contribution >= 4 is 19.8 Å². The van der Waals surface area contributed by atoms with Crippen molar-refractivity contribution in [1.82, 2.24) is 5.32 Å². The first-order valence-electron chi connectivity index (χ1n) is 20.9. The second-order valence-corrected chi connectivity index (χ2v) is 15.3. The Morgan fingerprint density at radius 1 is 0.596 bits per heavy atom. The Morgan fingerprint density at radius 3 is 1.58 bits per heavy atom. The average Bonchev–Trinajstić information content (AvgIpc) is 3.12. The van der Waals surface area contributed by atoms with Gasteiger partial charge in [0.1, 0.15) is 6.61 Å². The molecule has 0 aliphatic heterocycles. The van der Waals surface area contributed by atoms with Crippen molar-refractivity contribution in [2.45, 2.75) is 187 Å². The molecule has 0 fully saturated rings. The predicted octanol–water partition coefficient (Wildman–Crippen LogP) is 11.6. The van der Waals surface area contributed by atoms with Crippen LogP contribution in [0.1, 0.15) is 181 Å². The summed E-state index contributed by atoms with van der Waals surface area (Å²) >= 11 is 0. The molecule has 0 radical (unpaired) electrons. The van der Waals surface area contributed by atoms with Gasteiger partial charge in [-0.15, -0.1) is 0 Å². The van der Waals surface area contributed by atoms with Gasteiger partial charge in [-0.05, 0) is 58.4 Å². The molecule has 0 saturated carbocycles. The maximum Gasteiger partial charge on any atom is 0.472 e. The van der Waals surface area contributed by atoms with Crippen molar-refractivity contribution in [1.29, 1.82) is 0 Å². The summed E-state index contributed by atoms with van der Waals surface area (Å²) in [6, 6.07) is 0. The fourth-order valence-electron chi connectivity index (χ4n) is 5.56. The van der Waals surface area contributed by atoms with Crippen molar-refractivity contribution in [3.8, 4) is 0 Å². The highest BCUT2D eigenvalue weighted by Crippen LogP contribution is 2.43. The molecule has 2 N–H and O–H groups in total. The van der Waals surface area contributed by atoms with Crippen LogP contribution in [-0.4, -0.2) is 56.3 Å². The van der Waals surface area contributed by atoms with E-state index in [2.05, 4.69) is 55.6 Å². The number of unbranched alkanes of at least 4 members (excludes halogenated alkanes) is 19. The Labute approximate surface area is 318 Å². The number of carbonyl (C=O) groups is 2. The lowest BCUT2D eigenvalue weighted by Gasteiger charge is -2.20. The zero-order valence-corrected chi connectivity index (χ0v) is 34.4. The molecule has 2 atom stereocenters. The summed E-state index contributed by atoms with van der Waals surface area (Å²) in [5.41, 5.74) is 0. The molecule has 0 saturated heterocycles. The van der Waals surface area contributed by atoms with Crippen molar-refractivity contribution in [3.63, 3.8) is 0 Å². The molecule has 0 aromatic heterocycles. The van der Waals surface area contributed by atoms with Crippen LogP contribution in [0.2, 0.25) is 0 Å². The molecule has 0 rings (SSSR count). The van der Waals surface area contributed by atoms with E-state index >= 15 is 0 Å². The highest BCUT2D eigenvalue weighted by Gasteiger charge is 2.26. The van der Waals surface area contributed by atoms with Gasteiger partial charge in [0, 0.05) is 19.4 Å². The number of nitrogens with one attached hydrogen (secondary N) is 1. The minimum absolute atomic E-state index is 0.0222. The van der Waals surface area contributed by atoms with Gasteiger partial charge >= 0.3 is 19.8 Å². The number of hydrogen-bond donors (Lipinski definition) is 2. The third-order valence-corrected chi connectivity index (χ3v) is 9.75. The fourth-order valence-corrected chi connectivity index (χ4v) is 6.31. The molecular formula is C42H78NO8P. The van der Waals surface area contributed by atoms with E-state index in [4.69, 9.17) is 18.5 Å². The summed E-state index contributed by atoms with van der Waals surface area (Å²) in [5, 5.41) is 2.82. The molecule has 9 nitrogen and oxygen atoms in total. The van der Waals surface area contributed by atoms with Gasteiger partial charge in [-0.1, -0.05) is 153 Å². The van der Waals surface area contributed by atoms with E-state index in [0.29, 0.717) is 19.4 Å². The maximum atomic E-state index is 12.6. The van der Waals surface area contributed by atoms with Gasteiger partial charge in [-0.25, -0.2) is 4.57 Å². The first-order valence-corrected chi connectivity index (χ1v) is 22.4. The molecule has 0 aromatic rings. The molecule has 2 unspecified atom stereocenters. The third-order valence-electron chi connectivity index (χ3n) is 8.76. The Hall–Kier alpha value is -1.77. The molecule has 10 heteroatoms. The SMILES string of the molecule is CCCCC/C=C\C/C=C\C/C=C\CCCCC(=O)OCC(COP(=O)(O)OCCNC)OC(=O)CCCCCCCCCCCCCCCCC. The second-order valence-electron chi connectivity index (χ2n) is 13.8. The van der Waals surface area contributed by atoms with E-state index in [1.54, 1.807) is 7.05 Å². The molecule has 0 spiro atoms. The second kappa shape index (κ2) is 38.9. The van der Waals surface area contributed by atoms with Crippen LogP contribution >= 0.6 is 7.82 Å². The van der Waals surface area contributed by atoms with Crippen molar-refractivity contribution in [2.24, 2.45) is 0 Å². The molecule has 0 aliphatic carbocycles. The lowest BCUT2D eigenvalue weighted by Crippen LogP contribution is -2.29. The largest absolute Gasteiger partial charge is 0.472 e. The number of carbonyl (C=O) groups excluding carboxylic acids is 2. The quantitative estimate of drug-likeness (QED) is 0.0273. The van der Waals surface area contributed by atoms with Gasteiger partial charge in [-0.3, -0.25) is 18.6 Å². The first kappa shape index (κ1) is 50.2. The van der Waals surface area contributed by atoms with E-state index in [1.807, 2.05) is 0 Å². The average molecular weight is 756 g/mol. The monoisotopic (exact) mass is 756 g/mol. The van der Waals surface area contributed by atoms with Crippen molar-refractivity contribution < 1.29 is 37.6 Å². The van der Waals surface area contributed by atoms with Crippen LogP contribution in [0.5, 0.6) is 0 Å². The highest BCUT2D eigenvalue weighted by atomic mass is 31.2. The number of phosphoric acid groups is 1. The molecule has 52 heavy (non-hydrogen) atoms. The summed E-state index contributed by atoms with van der Waals surface area (Å²) in [4.78, 5) is 35.0. The summed E-state index contributed by atoms with van der Waals surface area (Å²) < 4.78 is 33.1. The summed E-state index contributed by atoms with van der Waals surface area (Å²) in [6.45, 7) is 4.16. The first-order chi connectivity index (χ1) is 25.3. The molecule has 0 heterocycles. The molecule has 304 valence electrons. The van der Waals surface area contributed by atoms with Crippen LogP contribution in [0.15, 0.2) is 36.5 Å². The van der Waals surface area contributed by atoms with Gasteiger partial charge in [0.25, 0.3) is 0 Å². The summed E-state index contributed by atoms with van der Waals surface area (Å²) in [5.74, 6) is -0.848. The van der Waals surface area contributed by atoms with Crippen LogP contribution < -0.4 is 5.32 Å². The van der Waals surface area contributed by atoms with Gasteiger partial charge in [0.2, 0.25) is 0 Å². The predicted molar refractivity (Wildman–Crippen MR) is 215 cm³/mol. The molecule has 0 aliphatic rings. The van der Waals surface area contributed by atoms with Crippen molar-refractivity contribution in [2.75, 3.05) is 33.4 Å². The summed E-state index contributed by atoms with van der Waals surface area (Å²) in [6.07, 6.45) is 40.4. The summed E-state index contributed by atoms with van der Waals surface area (Å²) in [7, 11) is -2.66. The number of esters is 2. The van der Waals surface area contributed by atoms with E-state index in [0.717, 1.165) is 44.9 Å². The Morgan fingerprint density at radius 2 is 1.04 bits per heavy atom. The lowest BCUT2D eigenvalue weighted by molar-refractivity contribution is -0.161. The van der Waals surface area contributed by atoms with Gasteiger partial charge < -0.3 is 19.7 Å². The topological polar surface area (TPSA) is 120 Å². The lowest BCUT2D eigenvalue weighted by atomic mass is 10.0. The van der Waals surface area contributed by atoms with Crippen LogP contribution in [-0.2, 0) is 32.7 Å². The number of rotatable bonds is 39. The molecule has 0 bridgehead atoms. The molecule has 0 amide bonds. The maximum absolute atomic E-state index is 12.6. The minimum atomic E-state index is -4.35. The van der Waals surface area contributed by atoms with Crippen LogP contribution in [0.25, 0.3) is 0 Å². The Kier molecular flexibility index (Phi) is 37.6. The Balaban J connectivity index is 4.30. The van der Waals surface area contributed by atoms with Gasteiger partial charge in [0.15, 0.2) is 6.10 Å². The molecule has 0 aromatic carbocycles. The number of phosphoric ester groups is 1. The molecular weight excluding hydrogens is 677 g/mol. The fraction of sp³-hybridized carbons (Fsp3) is 0.810. The van der Waals surface area contributed by atoms with E-state index < -0.39 is 32.5 Å². The minimum Gasteiger partial charge on any atom is -0.462 e. The van der Waals surface area contributed by atoms with E-state index in [9.17, 15) is 19.0 Å². The highest BCUT2D eigenvalue weighted by molar-refractivity contribution is 7.47. The van der Waals surface area contributed by atoms with Crippen LogP contribution in [0.4, 0.5) is 0 Å². The Bertz CT molecular complexity index is 954. The number of allylic oxidation sites excluding steroid dienone is 6. The standard InChI is InChI=1S/C42H78NO8P/c1-4-6-8-10-12-14-16-18-20-22-24-26-28-30-32-34-41(44)48-38-40(39-50-52(46,47)49-37-36-43-3)51-42(45)35-33-31-29-27-25-23-21-19-17-15-13-11-9-7-5-2/h12,14,18,20,24,26,40,43H,4-11,13,15-17,19,21-23,25,27-39H2,1-3H3,(H,46,47)/b14-12-,20-18-,26-24-. The number of ether oxygens (including phenoxy) is 2. The number of likely N-dealkylation sites (N-methyl/N-ethyl adjacent to an activating group) is 1. The van der Waals surface area contributed by atoms with E-state index in [-0.39, 0.29) is 26.1 Å². The number of hydrogen-bond acceptors (Lipinski definition) is 8. The zero-order valence-electron chi connectivity index (χ0n) is 33.5. The van der Waals surface area contributed by atoms with Crippen LogP contribution in [0, 0.1) is 0 Å². The third kappa shape index (κ3) is 38.0. The normalized spacial score (nSPS) is 13.7.